The van der Waals surface area contributed by atoms with Crippen molar-refractivity contribution < 1.29 is 18.8 Å². The first-order chi connectivity index (χ1) is 13.9. The third-order valence-corrected chi connectivity index (χ3v) is 5.57. The first kappa shape index (κ1) is 20.8. The molecule has 0 saturated carbocycles. The number of nitrogens with one attached hydrogen (secondary N) is 2. The Labute approximate surface area is 179 Å². The molecule has 0 spiro atoms. The molecule has 0 bridgehead atoms. The third-order valence-electron chi connectivity index (χ3n) is 3.96. The van der Waals surface area contributed by atoms with Gasteiger partial charge in [0.2, 0.25) is 5.91 Å². The summed E-state index contributed by atoms with van der Waals surface area (Å²) in [4.78, 5) is 39.2. The Morgan fingerprint density at radius 3 is 2.59 bits per heavy atom. The summed E-state index contributed by atoms with van der Waals surface area (Å²) in [6, 6.07) is 13.7. The maximum absolute atomic E-state index is 12.5. The number of para-hydroxylation sites is 1. The van der Waals surface area contributed by atoms with Crippen LogP contribution in [0.1, 0.15) is 25.8 Å². The van der Waals surface area contributed by atoms with E-state index < -0.39 is 5.91 Å². The van der Waals surface area contributed by atoms with Crippen LogP contribution in [-0.2, 0) is 11.3 Å². The van der Waals surface area contributed by atoms with Crippen molar-refractivity contribution >= 4 is 50.7 Å². The van der Waals surface area contributed by atoms with Crippen molar-refractivity contribution in [2.75, 3.05) is 18.9 Å². The van der Waals surface area contributed by atoms with Crippen LogP contribution < -0.4 is 10.6 Å². The second-order valence-corrected chi connectivity index (χ2v) is 8.58. The molecule has 150 valence electrons. The molecule has 0 aliphatic heterocycles. The Morgan fingerprint density at radius 2 is 1.90 bits per heavy atom. The van der Waals surface area contributed by atoms with E-state index >= 15 is 0 Å². The third kappa shape index (κ3) is 5.55. The lowest BCUT2D eigenvalue weighted by Gasteiger charge is -2.17. The largest absolute Gasteiger partial charge is 0.467 e. The van der Waals surface area contributed by atoms with Gasteiger partial charge in [-0.1, -0.05) is 12.1 Å². The molecule has 0 fully saturated rings. The van der Waals surface area contributed by atoms with E-state index in [1.54, 1.807) is 55.6 Å². The number of carbonyl (C=O) groups excluding carboxylic acids is 3. The highest BCUT2D eigenvalue weighted by Gasteiger charge is 2.18. The Balaban J connectivity index is 1.61. The predicted molar refractivity (Wildman–Crippen MR) is 114 cm³/mol. The van der Waals surface area contributed by atoms with Gasteiger partial charge in [-0.25, -0.2) is 0 Å². The molecule has 1 aromatic carbocycles. The molecule has 2 heterocycles. The number of furan rings is 1. The topological polar surface area (TPSA) is 91.7 Å². The van der Waals surface area contributed by atoms with Crippen LogP contribution in [0.15, 0.2) is 63.0 Å². The molecule has 3 amide bonds. The molecule has 0 aliphatic carbocycles. The van der Waals surface area contributed by atoms with Crippen LogP contribution in [0.3, 0.4) is 0 Å². The fourth-order valence-electron chi connectivity index (χ4n) is 2.56. The van der Waals surface area contributed by atoms with E-state index in [0.717, 1.165) is 3.79 Å². The van der Waals surface area contributed by atoms with Gasteiger partial charge in [0.1, 0.15) is 5.76 Å². The number of amides is 3. The van der Waals surface area contributed by atoms with Crippen LogP contribution in [0.25, 0.3) is 0 Å². The number of likely N-dealkylation sites (N-methyl/N-ethyl adjacent to an activating group) is 1. The number of benzene rings is 1. The summed E-state index contributed by atoms with van der Waals surface area (Å²) >= 11 is 4.62. The van der Waals surface area contributed by atoms with Gasteiger partial charge in [0.15, 0.2) is 0 Å². The Morgan fingerprint density at radius 1 is 1.10 bits per heavy atom. The monoisotopic (exact) mass is 475 g/mol. The van der Waals surface area contributed by atoms with E-state index in [1.165, 1.54) is 22.5 Å². The highest BCUT2D eigenvalue weighted by molar-refractivity contribution is 9.11. The number of hydrogen-bond donors (Lipinski definition) is 2. The van der Waals surface area contributed by atoms with E-state index in [1.807, 2.05) is 0 Å². The second-order valence-electron chi connectivity index (χ2n) is 6.12. The van der Waals surface area contributed by atoms with E-state index in [4.69, 9.17) is 4.42 Å². The number of rotatable bonds is 7. The summed E-state index contributed by atoms with van der Waals surface area (Å²) in [5, 5.41) is 5.45. The van der Waals surface area contributed by atoms with Crippen LogP contribution in [0.2, 0.25) is 0 Å². The highest BCUT2D eigenvalue weighted by atomic mass is 79.9. The minimum Gasteiger partial charge on any atom is -0.467 e. The van der Waals surface area contributed by atoms with Gasteiger partial charge in [-0.2, -0.15) is 0 Å². The van der Waals surface area contributed by atoms with E-state index in [-0.39, 0.29) is 24.9 Å². The van der Waals surface area contributed by atoms with Gasteiger partial charge in [-0.15, -0.1) is 11.3 Å². The van der Waals surface area contributed by atoms with Gasteiger partial charge in [0.05, 0.1) is 39.3 Å². The molecule has 0 radical (unpaired) electrons. The standard InChI is InChI=1S/C20H18BrN3O4S/c1-24(20(27)16-8-9-17(21)29-16)12-18(25)23-15-7-3-2-6-14(15)19(26)22-11-13-5-4-10-28-13/h2-10H,11-12H2,1H3,(H,22,26)(H,23,25). The van der Waals surface area contributed by atoms with E-state index in [9.17, 15) is 14.4 Å². The molecule has 2 aromatic heterocycles. The fourth-order valence-corrected chi connectivity index (χ4v) is 3.94. The summed E-state index contributed by atoms with van der Waals surface area (Å²) in [6.45, 7) is 0.0957. The molecule has 7 nitrogen and oxygen atoms in total. The molecular formula is C20H18BrN3O4S. The minimum absolute atomic E-state index is 0.142. The van der Waals surface area contributed by atoms with Gasteiger partial charge in [0, 0.05) is 7.05 Å². The lowest BCUT2D eigenvalue weighted by atomic mass is 10.1. The summed E-state index contributed by atoms with van der Waals surface area (Å²) in [6.07, 6.45) is 1.53. The van der Waals surface area contributed by atoms with Crippen LogP contribution in [0.5, 0.6) is 0 Å². The minimum atomic E-state index is -0.400. The molecule has 0 atom stereocenters. The number of halogens is 1. The van der Waals surface area contributed by atoms with Gasteiger partial charge < -0.3 is 20.0 Å². The number of hydrogen-bond acceptors (Lipinski definition) is 5. The summed E-state index contributed by atoms with van der Waals surface area (Å²) < 4.78 is 6.04. The zero-order valence-corrected chi connectivity index (χ0v) is 17.9. The van der Waals surface area contributed by atoms with Crippen molar-refractivity contribution in [3.05, 3.63) is 74.8 Å². The first-order valence-electron chi connectivity index (χ1n) is 8.64. The molecule has 9 heteroatoms. The van der Waals surface area contributed by atoms with Crippen LogP contribution in [0.4, 0.5) is 5.69 Å². The molecular weight excluding hydrogens is 458 g/mol. The molecule has 0 aliphatic rings. The van der Waals surface area contributed by atoms with Gasteiger partial charge in [-0.3, -0.25) is 14.4 Å². The summed E-state index contributed by atoms with van der Waals surface area (Å²) in [7, 11) is 1.55. The maximum Gasteiger partial charge on any atom is 0.264 e. The normalized spacial score (nSPS) is 10.4. The molecule has 29 heavy (non-hydrogen) atoms. The number of anilines is 1. The smallest absolute Gasteiger partial charge is 0.264 e. The zero-order chi connectivity index (χ0) is 20.8. The van der Waals surface area contributed by atoms with Crippen molar-refractivity contribution in [1.29, 1.82) is 0 Å². The Bertz CT molecular complexity index is 1020. The van der Waals surface area contributed by atoms with Gasteiger partial charge in [-0.05, 0) is 52.3 Å². The van der Waals surface area contributed by atoms with Crippen LogP contribution >= 0.6 is 27.3 Å². The van der Waals surface area contributed by atoms with Crippen molar-refractivity contribution in [3.63, 3.8) is 0 Å². The zero-order valence-electron chi connectivity index (χ0n) is 15.5. The lowest BCUT2D eigenvalue weighted by molar-refractivity contribution is -0.116. The van der Waals surface area contributed by atoms with Gasteiger partial charge >= 0.3 is 0 Å². The van der Waals surface area contributed by atoms with E-state index in [0.29, 0.717) is 21.9 Å². The summed E-state index contributed by atoms with van der Waals surface area (Å²) in [5.41, 5.74) is 0.692. The van der Waals surface area contributed by atoms with Crippen molar-refractivity contribution in [3.8, 4) is 0 Å². The molecule has 3 aromatic rings. The van der Waals surface area contributed by atoms with Crippen LogP contribution in [-0.4, -0.2) is 36.2 Å². The second kappa shape index (κ2) is 9.53. The number of nitrogens with zero attached hydrogens (tertiary/aromatic N) is 1. The predicted octanol–water partition coefficient (Wildman–Crippen LogP) is 3.74. The SMILES string of the molecule is CN(CC(=O)Nc1ccccc1C(=O)NCc1ccco1)C(=O)c1ccc(Br)s1. The Kier molecular flexibility index (Phi) is 6.84. The average Bonchev–Trinajstić information content (AvgIpc) is 3.37. The fraction of sp³-hybridized carbons (Fsp3) is 0.150. The van der Waals surface area contributed by atoms with E-state index in [2.05, 4.69) is 26.6 Å². The number of thiophene rings is 1. The first-order valence-corrected chi connectivity index (χ1v) is 10.3. The molecule has 0 saturated heterocycles. The quantitative estimate of drug-likeness (QED) is 0.544. The number of carbonyl (C=O) groups is 3. The molecule has 3 rings (SSSR count). The lowest BCUT2D eigenvalue weighted by Crippen LogP contribution is -2.35. The van der Waals surface area contributed by atoms with Crippen molar-refractivity contribution in [2.24, 2.45) is 0 Å². The molecule has 2 N–H and O–H groups in total. The Hall–Kier alpha value is -2.91. The van der Waals surface area contributed by atoms with Crippen molar-refractivity contribution in [2.45, 2.75) is 6.54 Å². The van der Waals surface area contributed by atoms with Crippen LogP contribution in [0, 0.1) is 0 Å². The maximum atomic E-state index is 12.5. The average molecular weight is 476 g/mol. The molecule has 0 unspecified atom stereocenters. The van der Waals surface area contributed by atoms with Gasteiger partial charge in [0.25, 0.3) is 11.8 Å². The van der Waals surface area contributed by atoms with Crippen molar-refractivity contribution in [1.82, 2.24) is 10.2 Å². The summed E-state index contributed by atoms with van der Waals surface area (Å²) in [5.74, 6) is -0.367. The highest BCUT2D eigenvalue weighted by Crippen LogP contribution is 2.23.